The Kier molecular flexibility index (Phi) is 9.46. The first-order chi connectivity index (χ1) is 8.35. The molecule has 0 heterocycles. The predicted molar refractivity (Wildman–Crippen MR) is 69.7 cm³/mol. The van der Waals surface area contributed by atoms with Gasteiger partial charge >= 0.3 is 6.18 Å². The lowest BCUT2D eigenvalue weighted by atomic mass is 10.2. The van der Waals surface area contributed by atoms with Gasteiger partial charge in [-0.1, -0.05) is 20.8 Å². The van der Waals surface area contributed by atoms with Gasteiger partial charge in [-0.25, -0.2) is 0 Å². The molecule has 0 radical (unpaired) electrons. The third-order valence-corrected chi connectivity index (χ3v) is 2.57. The Bertz CT molecular complexity index is 193. The Morgan fingerprint density at radius 1 is 1.11 bits per heavy atom. The van der Waals surface area contributed by atoms with Gasteiger partial charge < -0.3 is 5.32 Å². The van der Waals surface area contributed by atoms with Crippen molar-refractivity contribution in [1.82, 2.24) is 10.2 Å². The van der Waals surface area contributed by atoms with Crippen molar-refractivity contribution in [2.75, 3.05) is 32.7 Å². The first-order valence-electron chi connectivity index (χ1n) is 6.85. The third-order valence-electron chi connectivity index (χ3n) is 2.57. The Balaban J connectivity index is 3.64. The molecule has 5 heteroatoms. The zero-order valence-electron chi connectivity index (χ0n) is 11.8. The fraction of sp³-hybridized carbons (Fsp3) is 1.00. The molecule has 1 N–H and O–H groups in total. The fourth-order valence-electron chi connectivity index (χ4n) is 1.82. The van der Waals surface area contributed by atoms with E-state index >= 15 is 0 Å². The molecule has 18 heavy (non-hydrogen) atoms. The van der Waals surface area contributed by atoms with Gasteiger partial charge in [-0.2, -0.15) is 13.2 Å². The van der Waals surface area contributed by atoms with Crippen LogP contribution in [-0.4, -0.2) is 43.8 Å². The summed E-state index contributed by atoms with van der Waals surface area (Å²) in [6.07, 6.45) is -1.56. The quantitative estimate of drug-likeness (QED) is 0.612. The fourth-order valence-corrected chi connectivity index (χ4v) is 1.82. The summed E-state index contributed by atoms with van der Waals surface area (Å²) in [5.41, 5.74) is 0. The lowest BCUT2D eigenvalue weighted by molar-refractivity contribution is -0.146. The van der Waals surface area contributed by atoms with Crippen LogP contribution in [0.3, 0.4) is 0 Å². The van der Waals surface area contributed by atoms with Gasteiger partial charge in [0.1, 0.15) is 0 Å². The number of nitrogens with one attached hydrogen (secondary N) is 1. The summed E-state index contributed by atoms with van der Waals surface area (Å²) < 4.78 is 36.9. The Labute approximate surface area is 109 Å². The minimum absolute atomic E-state index is 0.527. The van der Waals surface area contributed by atoms with Crippen molar-refractivity contribution in [3.05, 3.63) is 0 Å². The van der Waals surface area contributed by atoms with Gasteiger partial charge in [0.25, 0.3) is 0 Å². The summed E-state index contributed by atoms with van der Waals surface area (Å²) in [5, 5.41) is 3.30. The zero-order chi connectivity index (χ0) is 14.0. The van der Waals surface area contributed by atoms with Crippen LogP contribution >= 0.6 is 0 Å². The van der Waals surface area contributed by atoms with Gasteiger partial charge in [-0.3, -0.25) is 4.90 Å². The van der Waals surface area contributed by atoms with Gasteiger partial charge in [0.15, 0.2) is 0 Å². The van der Waals surface area contributed by atoms with Gasteiger partial charge in [-0.15, -0.1) is 0 Å². The molecule has 0 fully saturated rings. The van der Waals surface area contributed by atoms with E-state index in [0.717, 1.165) is 32.4 Å². The smallest absolute Gasteiger partial charge is 0.316 e. The molecule has 0 saturated carbocycles. The molecule has 0 bridgehead atoms. The Morgan fingerprint density at radius 2 is 1.78 bits per heavy atom. The Morgan fingerprint density at radius 3 is 2.28 bits per heavy atom. The van der Waals surface area contributed by atoms with E-state index < -0.39 is 12.7 Å². The van der Waals surface area contributed by atoms with Crippen LogP contribution in [0.2, 0.25) is 0 Å². The molecule has 0 rings (SSSR count). The van der Waals surface area contributed by atoms with E-state index in [2.05, 4.69) is 19.2 Å². The first kappa shape index (κ1) is 17.7. The second-order valence-electron chi connectivity index (χ2n) is 5.20. The highest BCUT2D eigenvalue weighted by molar-refractivity contribution is 4.63. The lowest BCUT2D eigenvalue weighted by Gasteiger charge is -2.22. The number of halogens is 3. The molecule has 0 amide bonds. The SMILES string of the molecule is CCCN(CCCCNCC(C)C)CC(F)(F)F. The molecule has 0 atom stereocenters. The summed E-state index contributed by atoms with van der Waals surface area (Å²) in [6, 6.07) is 0. The second kappa shape index (κ2) is 9.62. The molecule has 0 aliphatic heterocycles. The van der Waals surface area contributed by atoms with Crippen LogP contribution in [0.4, 0.5) is 13.2 Å². The van der Waals surface area contributed by atoms with Crippen LogP contribution in [0.1, 0.15) is 40.0 Å². The summed E-state index contributed by atoms with van der Waals surface area (Å²) in [5.74, 6) is 0.617. The van der Waals surface area contributed by atoms with Crippen LogP contribution in [0, 0.1) is 5.92 Å². The molecule has 0 spiro atoms. The van der Waals surface area contributed by atoms with Crippen molar-refractivity contribution in [3.63, 3.8) is 0 Å². The van der Waals surface area contributed by atoms with Gasteiger partial charge in [0.2, 0.25) is 0 Å². The molecule has 0 unspecified atom stereocenters. The van der Waals surface area contributed by atoms with E-state index in [1.807, 2.05) is 6.92 Å². The van der Waals surface area contributed by atoms with Gasteiger partial charge in [-0.05, 0) is 51.4 Å². The van der Waals surface area contributed by atoms with Gasteiger partial charge in [0.05, 0.1) is 6.54 Å². The Hall–Kier alpha value is -0.290. The third kappa shape index (κ3) is 12.2. The minimum atomic E-state index is -4.08. The van der Waals surface area contributed by atoms with E-state index in [9.17, 15) is 13.2 Å². The number of hydrogen-bond donors (Lipinski definition) is 1. The van der Waals surface area contributed by atoms with Crippen LogP contribution < -0.4 is 5.32 Å². The molecule has 0 aliphatic rings. The average Bonchev–Trinajstić information content (AvgIpc) is 2.20. The maximum Gasteiger partial charge on any atom is 0.401 e. The van der Waals surface area contributed by atoms with E-state index in [4.69, 9.17) is 0 Å². The molecule has 0 aromatic heterocycles. The van der Waals surface area contributed by atoms with E-state index in [1.165, 1.54) is 4.90 Å². The highest BCUT2D eigenvalue weighted by Gasteiger charge is 2.29. The maximum absolute atomic E-state index is 12.3. The number of nitrogens with zero attached hydrogens (tertiary/aromatic N) is 1. The van der Waals surface area contributed by atoms with Crippen LogP contribution in [0.25, 0.3) is 0 Å². The van der Waals surface area contributed by atoms with Crippen molar-refractivity contribution in [2.24, 2.45) is 5.92 Å². The van der Waals surface area contributed by atoms with Crippen molar-refractivity contribution >= 4 is 0 Å². The predicted octanol–water partition coefficient (Wildman–Crippen LogP) is 3.29. The zero-order valence-corrected chi connectivity index (χ0v) is 11.8. The second-order valence-corrected chi connectivity index (χ2v) is 5.20. The van der Waals surface area contributed by atoms with Crippen LogP contribution in [0.5, 0.6) is 0 Å². The molecule has 0 aromatic rings. The molecular weight excluding hydrogens is 241 g/mol. The topological polar surface area (TPSA) is 15.3 Å². The van der Waals surface area contributed by atoms with Crippen LogP contribution in [-0.2, 0) is 0 Å². The average molecular weight is 268 g/mol. The molecule has 2 nitrogen and oxygen atoms in total. The van der Waals surface area contributed by atoms with Gasteiger partial charge in [0, 0.05) is 0 Å². The van der Waals surface area contributed by atoms with Crippen molar-refractivity contribution in [1.29, 1.82) is 0 Å². The van der Waals surface area contributed by atoms with Crippen molar-refractivity contribution in [3.8, 4) is 0 Å². The monoisotopic (exact) mass is 268 g/mol. The maximum atomic E-state index is 12.3. The standard InChI is InChI=1S/C13H27F3N2/c1-4-8-18(11-13(14,15)16)9-6-5-7-17-10-12(2)3/h12,17H,4-11H2,1-3H3. The minimum Gasteiger partial charge on any atom is -0.316 e. The van der Waals surface area contributed by atoms with Crippen LogP contribution in [0.15, 0.2) is 0 Å². The lowest BCUT2D eigenvalue weighted by Crippen LogP contribution is -2.35. The normalized spacial score (nSPS) is 12.7. The van der Waals surface area contributed by atoms with Crippen molar-refractivity contribution in [2.45, 2.75) is 46.2 Å². The van der Waals surface area contributed by atoms with E-state index in [0.29, 0.717) is 19.0 Å². The number of alkyl halides is 3. The summed E-state index contributed by atoms with van der Waals surface area (Å²) in [6.45, 7) is 8.34. The largest absolute Gasteiger partial charge is 0.401 e. The molecule has 110 valence electrons. The number of hydrogen-bond acceptors (Lipinski definition) is 2. The molecule has 0 aromatic carbocycles. The number of rotatable bonds is 10. The van der Waals surface area contributed by atoms with E-state index in [-0.39, 0.29) is 0 Å². The van der Waals surface area contributed by atoms with E-state index in [1.54, 1.807) is 0 Å². The summed E-state index contributed by atoms with van der Waals surface area (Å²) >= 11 is 0. The highest BCUT2D eigenvalue weighted by atomic mass is 19.4. The number of unbranched alkanes of at least 4 members (excludes halogenated alkanes) is 1. The summed E-state index contributed by atoms with van der Waals surface area (Å²) in [7, 11) is 0. The molecular formula is C13H27F3N2. The first-order valence-corrected chi connectivity index (χ1v) is 6.85. The molecule has 0 saturated heterocycles. The highest BCUT2D eigenvalue weighted by Crippen LogP contribution is 2.16. The molecule has 0 aliphatic carbocycles. The summed E-state index contributed by atoms with van der Waals surface area (Å²) in [4.78, 5) is 1.50. The van der Waals surface area contributed by atoms with Crippen molar-refractivity contribution < 1.29 is 13.2 Å².